The average molecular weight is 448 g/mol. The highest BCUT2D eigenvalue weighted by molar-refractivity contribution is 9.10. The lowest BCUT2D eigenvalue weighted by Crippen LogP contribution is -2.11. The molecule has 0 radical (unpaired) electrons. The number of thiazole rings is 1. The van der Waals surface area contributed by atoms with E-state index in [1.54, 1.807) is 50.4 Å². The molecule has 0 aliphatic heterocycles. The Hall–Kier alpha value is -2.58. The first-order chi connectivity index (χ1) is 13.1. The number of hydrogen-bond donors (Lipinski definition) is 1. The molecular formula is C19H18BrN3O3S. The predicted molar refractivity (Wildman–Crippen MR) is 111 cm³/mol. The summed E-state index contributed by atoms with van der Waals surface area (Å²) in [6, 6.07) is 10.8. The minimum absolute atomic E-state index is 0.149. The fraction of sp³-hybridized carbons (Fsp3) is 0.158. The first-order valence-electron chi connectivity index (χ1n) is 7.96. The van der Waals surface area contributed by atoms with E-state index >= 15 is 0 Å². The number of benzene rings is 2. The zero-order valence-electron chi connectivity index (χ0n) is 15.0. The molecule has 0 amide bonds. The van der Waals surface area contributed by atoms with E-state index in [4.69, 9.17) is 9.47 Å². The third kappa shape index (κ3) is 4.06. The molecule has 0 bridgehead atoms. The van der Waals surface area contributed by atoms with Crippen LogP contribution in [0.3, 0.4) is 0 Å². The van der Waals surface area contributed by atoms with Crippen LogP contribution in [0.4, 0.5) is 0 Å². The third-order valence-corrected chi connectivity index (χ3v) is 5.26. The van der Waals surface area contributed by atoms with Gasteiger partial charge in [-0.25, -0.2) is 4.68 Å². The summed E-state index contributed by atoms with van der Waals surface area (Å²) in [5.74, 6) is 1.53. The smallest absolute Gasteiger partial charge is 0.205 e. The summed E-state index contributed by atoms with van der Waals surface area (Å²) >= 11 is 4.87. The van der Waals surface area contributed by atoms with Crippen molar-refractivity contribution >= 4 is 33.5 Å². The predicted octanol–water partition coefficient (Wildman–Crippen LogP) is 4.11. The van der Waals surface area contributed by atoms with Crippen molar-refractivity contribution < 1.29 is 14.6 Å². The van der Waals surface area contributed by atoms with Crippen LogP contribution in [0, 0.1) is 0 Å². The lowest BCUT2D eigenvalue weighted by molar-refractivity contribution is 0.395. The van der Waals surface area contributed by atoms with E-state index in [1.165, 1.54) is 11.3 Å². The Bertz CT molecular complexity index is 1060. The number of hydrogen-bond acceptors (Lipinski definition) is 6. The van der Waals surface area contributed by atoms with Gasteiger partial charge in [-0.05, 0) is 30.3 Å². The molecule has 0 aliphatic rings. The lowest BCUT2D eigenvalue weighted by atomic mass is 10.1. The summed E-state index contributed by atoms with van der Waals surface area (Å²) in [4.78, 5) is 5.00. The summed E-state index contributed by atoms with van der Waals surface area (Å²) in [6.45, 7) is 0. The molecule has 1 heterocycles. The van der Waals surface area contributed by atoms with Gasteiger partial charge in [-0.15, -0.1) is 11.3 Å². The van der Waals surface area contributed by atoms with E-state index in [0.717, 1.165) is 15.7 Å². The fourth-order valence-electron chi connectivity index (χ4n) is 2.51. The topological polar surface area (TPSA) is 68.3 Å². The third-order valence-electron chi connectivity index (χ3n) is 3.86. The quantitative estimate of drug-likeness (QED) is 0.598. The van der Waals surface area contributed by atoms with Gasteiger partial charge in [-0.3, -0.25) is 4.99 Å². The van der Waals surface area contributed by atoms with Gasteiger partial charge in [0.2, 0.25) is 4.80 Å². The van der Waals surface area contributed by atoms with Crippen LogP contribution in [0.5, 0.6) is 17.2 Å². The van der Waals surface area contributed by atoms with Crippen molar-refractivity contribution in [1.82, 2.24) is 4.68 Å². The van der Waals surface area contributed by atoms with E-state index < -0.39 is 0 Å². The summed E-state index contributed by atoms with van der Waals surface area (Å²) < 4.78 is 13.4. The van der Waals surface area contributed by atoms with Crippen LogP contribution in [-0.4, -0.2) is 37.3 Å². The Balaban J connectivity index is 2.12. The van der Waals surface area contributed by atoms with Gasteiger partial charge in [-0.2, -0.15) is 5.10 Å². The van der Waals surface area contributed by atoms with Crippen LogP contribution in [0.2, 0.25) is 0 Å². The summed E-state index contributed by atoms with van der Waals surface area (Å²) in [7, 11) is 4.94. The molecule has 0 aliphatic carbocycles. The zero-order valence-corrected chi connectivity index (χ0v) is 17.4. The van der Waals surface area contributed by atoms with Crippen molar-refractivity contribution in [2.45, 2.75) is 0 Å². The van der Waals surface area contributed by atoms with Gasteiger partial charge >= 0.3 is 0 Å². The first-order valence-corrected chi connectivity index (χ1v) is 9.63. The number of phenolic OH excluding ortho intramolecular Hbond substituents is 1. The molecule has 0 spiro atoms. The molecular weight excluding hydrogens is 430 g/mol. The number of rotatable bonds is 5. The minimum Gasteiger partial charge on any atom is -0.507 e. The number of aromatic nitrogens is 1. The molecule has 0 saturated carbocycles. The van der Waals surface area contributed by atoms with Gasteiger partial charge < -0.3 is 14.6 Å². The summed E-state index contributed by atoms with van der Waals surface area (Å²) in [5.41, 5.74) is 2.28. The van der Waals surface area contributed by atoms with Gasteiger partial charge in [0.1, 0.15) is 17.2 Å². The van der Waals surface area contributed by atoms with Crippen LogP contribution in [0.1, 0.15) is 5.56 Å². The highest BCUT2D eigenvalue weighted by Gasteiger charge is 2.13. The minimum atomic E-state index is 0.149. The largest absolute Gasteiger partial charge is 0.507 e. The van der Waals surface area contributed by atoms with Gasteiger partial charge in [0.25, 0.3) is 0 Å². The van der Waals surface area contributed by atoms with Crippen LogP contribution >= 0.6 is 27.3 Å². The molecule has 0 fully saturated rings. The van der Waals surface area contributed by atoms with E-state index in [2.05, 4.69) is 26.0 Å². The summed E-state index contributed by atoms with van der Waals surface area (Å²) in [5, 5.41) is 16.5. The Morgan fingerprint density at radius 3 is 2.67 bits per heavy atom. The average Bonchev–Trinajstić information content (AvgIpc) is 3.10. The van der Waals surface area contributed by atoms with Crippen molar-refractivity contribution in [3.8, 4) is 28.5 Å². The summed E-state index contributed by atoms with van der Waals surface area (Å²) in [6.07, 6.45) is 1.60. The van der Waals surface area contributed by atoms with Crippen LogP contribution in [0.15, 0.2) is 56.3 Å². The maximum Gasteiger partial charge on any atom is 0.205 e. The van der Waals surface area contributed by atoms with Crippen LogP contribution in [0.25, 0.3) is 11.3 Å². The second-order valence-corrected chi connectivity index (χ2v) is 7.21. The first kappa shape index (κ1) is 19.2. The van der Waals surface area contributed by atoms with Crippen LogP contribution in [-0.2, 0) is 0 Å². The standard InChI is InChI=1S/C19H18BrN3O3S/c1-21-19-23(22-10-12-8-13(20)4-7-17(12)24)16(11-27-19)15-6-5-14(25-2)9-18(15)26-3/h4-11,24H,1-3H3. The Morgan fingerprint density at radius 2 is 1.96 bits per heavy atom. The van der Waals surface area contributed by atoms with Gasteiger partial charge in [0, 0.05) is 34.1 Å². The molecule has 140 valence electrons. The molecule has 3 aromatic rings. The van der Waals surface area contributed by atoms with Crippen LogP contribution < -0.4 is 14.3 Å². The number of aromatic hydroxyl groups is 1. The van der Waals surface area contributed by atoms with E-state index in [-0.39, 0.29) is 5.75 Å². The number of halogens is 1. The SMILES string of the molecule is CN=c1scc(-c2ccc(OC)cc2OC)n1N=Cc1cc(Br)ccc1O. The Labute approximate surface area is 169 Å². The highest BCUT2D eigenvalue weighted by atomic mass is 79.9. The van der Waals surface area contributed by atoms with E-state index in [0.29, 0.717) is 21.9 Å². The molecule has 0 unspecified atom stereocenters. The molecule has 0 saturated heterocycles. The Kier molecular flexibility index (Phi) is 5.98. The second kappa shape index (κ2) is 8.41. The van der Waals surface area contributed by atoms with Gasteiger partial charge in [-0.1, -0.05) is 15.9 Å². The zero-order chi connectivity index (χ0) is 19.4. The van der Waals surface area contributed by atoms with Crippen molar-refractivity contribution in [1.29, 1.82) is 0 Å². The molecule has 8 heteroatoms. The fourth-order valence-corrected chi connectivity index (χ4v) is 3.68. The van der Waals surface area contributed by atoms with Gasteiger partial charge in [0.05, 0.1) is 26.1 Å². The molecule has 6 nitrogen and oxygen atoms in total. The molecule has 1 N–H and O–H groups in total. The van der Waals surface area contributed by atoms with E-state index in [9.17, 15) is 5.11 Å². The second-order valence-electron chi connectivity index (χ2n) is 5.45. The number of ether oxygens (including phenoxy) is 2. The molecule has 0 atom stereocenters. The molecule has 27 heavy (non-hydrogen) atoms. The maximum absolute atomic E-state index is 10.0. The molecule has 2 aromatic carbocycles. The maximum atomic E-state index is 10.0. The highest BCUT2D eigenvalue weighted by Crippen LogP contribution is 2.33. The van der Waals surface area contributed by atoms with Crippen molar-refractivity contribution in [3.05, 3.63) is 56.6 Å². The Morgan fingerprint density at radius 1 is 1.15 bits per heavy atom. The number of phenols is 1. The number of methoxy groups -OCH3 is 2. The van der Waals surface area contributed by atoms with E-state index in [1.807, 2.05) is 23.6 Å². The normalized spacial score (nSPS) is 11.9. The van der Waals surface area contributed by atoms with Crippen molar-refractivity contribution in [3.63, 3.8) is 0 Å². The number of nitrogens with zero attached hydrogens (tertiary/aromatic N) is 3. The molecule has 1 aromatic heterocycles. The lowest BCUT2D eigenvalue weighted by Gasteiger charge is -2.11. The van der Waals surface area contributed by atoms with Crippen molar-refractivity contribution in [2.75, 3.05) is 21.3 Å². The monoisotopic (exact) mass is 447 g/mol. The van der Waals surface area contributed by atoms with Gasteiger partial charge in [0.15, 0.2) is 0 Å². The van der Waals surface area contributed by atoms with Crippen molar-refractivity contribution in [2.24, 2.45) is 10.1 Å². The molecule has 3 rings (SSSR count).